The lowest BCUT2D eigenvalue weighted by atomic mass is 10.1. The molecule has 1 amide bonds. The number of carbonyl (C=O) groups is 1. The van der Waals surface area contributed by atoms with Gasteiger partial charge in [-0.05, 0) is 43.5 Å². The zero-order chi connectivity index (χ0) is 14.1. The van der Waals surface area contributed by atoms with Crippen LogP contribution >= 0.6 is 0 Å². The minimum absolute atomic E-state index is 0.147. The third-order valence-electron chi connectivity index (χ3n) is 3.11. The Kier molecular flexibility index (Phi) is 3.22. The van der Waals surface area contributed by atoms with Gasteiger partial charge in [-0.15, -0.1) is 10.2 Å². The molecule has 3 rings (SSSR count). The highest BCUT2D eigenvalue weighted by atomic mass is 19.1. The summed E-state index contributed by atoms with van der Waals surface area (Å²) in [4.78, 5) is 11.9. The van der Waals surface area contributed by atoms with Crippen molar-refractivity contribution in [3.8, 4) is 0 Å². The van der Waals surface area contributed by atoms with E-state index in [1.165, 1.54) is 12.1 Å². The van der Waals surface area contributed by atoms with Crippen LogP contribution in [0, 0.1) is 12.7 Å². The van der Waals surface area contributed by atoms with E-state index in [0.29, 0.717) is 23.3 Å². The predicted molar refractivity (Wildman–Crippen MR) is 68.6 cm³/mol. The van der Waals surface area contributed by atoms with E-state index in [2.05, 4.69) is 15.5 Å². The number of benzene rings is 1. The summed E-state index contributed by atoms with van der Waals surface area (Å²) in [5.74, 6) is 0.602. The van der Waals surface area contributed by atoms with Crippen molar-refractivity contribution in [3.05, 3.63) is 46.9 Å². The molecule has 104 valence electrons. The highest BCUT2D eigenvalue weighted by molar-refractivity contribution is 5.94. The first-order chi connectivity index (χ1) is 9.61. The number of carbonyl (C=O) groups excluding carboxylic acids is 1. The second-order valence-corrected chi connectivity index (χ2v) is 5.01. The Morgan fingerprint density at radius 1 is 1.40 bits per heavy atom. The average molecular weight is 275 g/mol. The van der Waals surface area contributed by atoms with Gasteiger partial charge in [-0.1, -0.05) is 0 Å². The van der Waals surface area contributed by atoms with Crippen LogP contribution in [0.2, 0.25) is 0 Å². The van der Waals surface area contributed by atoms with Gasteiger partial charge < -0.3 is 9.73 Å². The van der Waals surface area contributed by atoms with Crippen molar-refractivity contribution < 1.29 is 13.6 Å². The molecular formula is C14H14FN3O2. The number of aromatic nitrogens is 2. The van der Waals surface area contributed by atoms with Crippen LogP contribution in [-0.2, 0) is 6.54 Å². The topological polar surface area (TPSA) is 68.0 Å². The lowest BCUT2D eigenvalue weighted by Gasteiger charge is -2.04. The standard InChI is InChI=1S/C14H14FN3O2/c1-8-4-10(6-11(15)5-8)13(19)16-7-12-17-18-14(20-12)9-2-3-9/h4-6,9H,2-3,7H2,1H3,(H,16,19). The number of nitrogens with one attached hydrogen (secondary N) is 1. The number of hydrogen-bond acceptors (Lipinski definition) is 4. The fourth-order valence-corrected chi connectivity index (χ4v) is 1.96. The molecule has 0 atom stereocenters. The molecule has 1 saturated carbocycles. The zero-order valence-electron chi connectivity index (χ0n) is 11.0. The summed E-state index contributed by atoms with van der Waals surface area (Å²) < 4.78 is 18.7. The number of aryl methyl sites for hydroxylation is 1. The van der Waals surface area contributed by atoms with Crippen LogP contribution in [0.3, 0.4) is 0 Å². The summed E-state index contributed by atoms with van der Waals surface area (Å²) in [7, 11) is 0. The van der Waals surface area contributed by atoms with Crippen molar-refractivity contribution in [3.63, 3.8) is 0 Å². The number of nitrogens with zero attached hydrogens (tertiary/aromatic N) is 2. The van der Waals surface area contributed by atoms with Crippen molar-refractivity contribution in [2.24, 2.45) is 0 Å². The highest BCUT2D eigenvalue weighted by Gasteiger charge is 2.29. The molecule has 0 aliphatic heterocycles. The first-order valence-electron chi connectivity index (χ1n) is 6.49. The summed E-state index contributed by atoms with van der Waals surface area (Å²) in [5.41, 5.74) is 0.980. The van der Waals surface area contributed by atoms with Gasteiger partial charge in [0.05, 0.1) is 6.54 Å². The van der Waals surface area contributed by atoms with Gasteiger partial charge in [-0.3, -0.25) is 4.79 Å². The van der Waals surface area contributed by atoms with Crippen LogP contribution in [0.4, 0.5) is 4.39 Å². The van der Waals surface area contributed by atoms with Crippen LogP contribution in [-0.4, -0.2) is 16.1 Å². The second-order valence-electron chi connectivity index (χ2n) is 5.01. The maximum Gasteiger partial charge on any atom is 0.251 e. The van der Waals surface area contributed by atoms with Gasteiger partial charge in [0.2, 0.25) is 11.8 Å². The number of rotatable bonds is 4. The van der Waals surface area contributed by atoms with E-state index < -0.39 is 5.82 Å². The van der Waals surface area contributed by atoms with Crippen molar-refractivity contribution in [1.29, 1.82) is 0 Å². The zero-order valence-corrected chi connectivity index (χ0v) is 11.0. The van der Waals surface area contributed by atoms with Crippen molar-refractivity contribution in [2.75, 3.05) is 0 Å². The van der Waals surface area contributed by atoms with Gasteiger partial charge in [0.1, 0.15) is 5.82 Å². The van der Waals surface area contributed by atoms with Crippen LogP contribution in [0.15, 0.2) is 22.6 Å². The minimum Gasteiger partial charge on any atom is -0.423 e. The molecule has 2 aromatic rings. The fraction of sp³-hybridized carbons (Fsp3) is 0.357. The monoisotopic (exact) mass is 275 g/mol. The van der Waals surface area contributed by atoms with Crippen molar-refractivity contribution in [2.45, 2.75) is 32.2 Å². The maximum atomic E-state index is 13.2. The van der Waals surface area contributed by atoms with E-state index in [-0.39, 0.29) is 18.0 Å². The molecule has 1 heterocycles. The van der Waals surface area contributed by atoms with E-state index in [4.69, 9.17) is 4.42 Å². The van der Waals surface area contributed by atoms with Gasteiger partial charge in [0.15, 0.2) is 0 Å². The molecule has 1 aromatic heterocycles. The normalized spacial score (nSPS) is 14.3. The predicted octanol–water partition coefficient (Wildman–Crippen LogP) is 2.32. The van der Waals surface area contributed by atoms with Crippen LogP contribution < -0.4 is 5.32 Å². The first kappa shape index (κ1) is 12.8. The van der Waals surface area contributed by atoms with E-state index in [0.717, 1.165) is 12.8 Å². The van der Waals surface area contributed by atoms with Crippen molar-refractivity contribution in [1.82, 2.24) is 15.5 Å². The maximum absolute atomic E-state index is 13.2. The fourth-order valence-electron chi connectivity index (χ4n) is 1.96. The van der Waals surface area contributed by atoms with Gasteiger partial charge in [-0.25, -0.2) is 4.39 Å². The van der Waals surface area contributed by atoms with E-state index >= 15 is 0 Å². The van der Waals surface area contributed by atoms with Gasteiger partial charge in [-0.2, -0.15) is 0 Å². The lowest BCUT2D eigenvalue weighted by molar-refractivity contribution is 0.0946. The second kappa shape index (κ2) is 5.03. The smallest absolute Gasteiger partial charge is 0.251 e. The van der Waals surface area contributed by atoms with Crippen molar-refractivity contribution >= 4 is 5.91 Å². The summed E-state index contributed by atoms with van der Waals surface area (Å²) >= 11 is 0. The largest absolute Gasteiger partial charge is 0.423 e. The molecule has 1 aliphatic carbocycles. The lowest BCUT2D eigenvalue weighted by Crippen LogP contribution is -2.23. The van der Waals surface area contributed by atoms with Gasteiger partial charge in [0, 0.05) is 11.5 Å². The Labute approximate surface area is 115 Å². The van der Waals surface area contributed by atoms with E-state index in [9.17, 15) is 9.18 Å². The molecule has 0 unspecified atom stereocenters. The number of halogens is 1. The molecule has 0 saturated heterocycles. The SMILES string of the molecule is Cc1cc(F)cc(C(=O)NCc2nnc(C3CC3)o2)c1. The van der Waals surface area contributed by atoms with E-state index in [1.54, 1.807) is 13.0 Å². The molecule has 0 spiro atoms. The third kappa shape index (κ3) is 2.84. The summed E-state index contributed by atoms with van der Waals surface area (Å²) in [6.45, 7) is 1.88. The van der Waals surface area contributed by atoms with Gasteiger partial charge in [0.25, 0.3) is 5.91 Å². The highest BCUT2D eigenvalue weighted by Crippen LogP contribution is 2.38. The summed E-state index contributed by atoms with van der Waals surface area (Å²) in [6, 6.07) is 4.20. The Hall–Kier alpha value is -2.24. The van der Waals surface area contributed by atoms with Gasteiger partial charge >= 0.3 is 0 Å². The molecule has 20 heavy (non-hydrogen) atoms. The third-order valence-corrected chi connectivity index (χ3v) is 3.11. The molecule has 1 N–H and O–H groups in total. The minimum atomic E-state index is -0.427. The molecular weight excluding hydrogens is 261 g/mol. The molecule has 1 aliphatic rings. The first-order valence-corrected chi connectivity index (χ1v) is 6.49. The number of hydrogen-bond donors (Lipinski definition) is 1. The summed E-state index contributed by atoms with van der Waals surface area (Å²) in [6.07, 6.45) is 2.16. The Balaban J connectivity index is 1.63. The van der Waals surface area contributed by atoms with Crippen LogP contribution in [0.25, 0.3) is 0 Å². The quantitative estimate of drug-likeness (QED) is 0.929. The number of amides is 1. The van der Waals surface area contributed by atoms with Crippen LogP contribution in [0.5, 0.6) is 0 Å². The molecule has 0 radical (unpaired) electrons. The Morgan fingerprint density at radius 3 is 2.90 bits per heavy atom. The Morgan fingerprint density at radius 2 is 2.20 bits per heavy atom. The Bertz CT molecular complexity index is 629. The van der Waals surface area contributed by atoms with Crippen LogP contribution in [0.1, 0.15) is 46.5 Å². The average Bonchev–Trinajstić information content (AvgIpc) is 3.14. The molecule has 0 bridgehead atoms. The molecule has 1 fully saturated rings. The molecule has 6 heteroatoms. The molecule has 5 nitrogen and oxygen atoms in total. The summed E-state index contributed by atoms with van der Waals surface area (Å²) in [5, 5.41) is 10.4. The molecule has 1 aromatic carbocycles. The van der Waals surface area contributed by atoms with E-state index in [1.807, 2.05) is 0 Å².